The Morgan fingerprint density at radius 2 is 1.08 bits per heavy atom. The van der Waals surface area contributed by atoms with Crippen LogP contribution in [0.3, 0.4) is 0 Å². The smallest absolute Gasteiger partial charge is 0.306 e. The van der Waals surface area contributed by atoms with E-state index in [4.69, 9.17) is 14.2 Å². The highest BCUT2D eigenvalue weighted by atomic mass is 16.7. The molecule has 8 atom stereocenters. The van der Waals surface area contributed by atoms with E-state index in [0.717, 1.165) is 77.0 Å². The van der Waals surface area contributed by atoms with E-state index in [1.165, 1.54) is 51.4 Å². The average Bonchev–Trinajstić information content (AvgIpc) is 3.37. The highest BCUT2D eigenvalue weighted by Gasteiger charge is 2.47. The lowest BCUT2D eigenvalue weighted by Gasteiger charge is -2.41. The van der Waals surface area contributed by atoms with Crippen molar-refractivity contribution in [3.63, 3.8) is 0 Å². The third-order valence-corrected chi connectivity index (χ3v) is 12.0. The molecule has 1 heterocycles. The molecular weight excluding hydrogens is 895 g/mol. The molecule has 0 aromatic rings. The van der Waals surface area contributed by atoms with Gasteiger partial charge in [-0.15, -0.1) is 0 Å². The Hall–Kier alpha value is -3.94. The number of rotatable bonds is 43. The van der Waals surface area contributed by atoms with Crippen LogP contribution in [0.2, 0.25) is 0 Å². The van der Waals surface area contributed by atoms with Gasteiger partial charge >= 0.3 is 5.97 Å². The predicted molar refractivity (Wildman–Crippen MR) is 291 cm³/mol. The summed E-state index contributed by atoms with van der Waals surface area (Å²) in [5.74, 6) is -1.31. The number of ether oxygens (including phenoxy) is 3. The Kier molecular flexibility index (Phi) is 43.2. The molecule has 71 heavy (non-hydrogen) atoms. The maximum Gasteiger partial charge on any atom is 0.306 e. The first kappa shape index (κ1) is 65.1. The highest BCUT2D eigenvalue weighted by molar-refractivity contribution is 5.80. The SMILES string of the molecule is CC/C=C\C/C=C\C/C=C\C/C=C\C/C=C\CCCC(=O)OC1C(OCC(NC(=O)C(O)CCCC\C=C/C=C\C=C\C=C\CC)C(O)/C=C/CCCCCCCCCCCCC)OC(CO)C(O)C1O. The average molecular weight is 992 g/mol. The van der Waals surface area contributed by atoms with Crippen LogP contribution < -0.4 is 5.32 Å². The van der Waals surface area contributed by atoms with Crippen molar-refractivity contribution >= 4 is 11.9 Å². The van der Waals surface area contributed by atoms with Crippen LogP contribution in [-0.4, -0.2) is 99.6 Å². The first-order valence-corrected chi connectivity index (χ1v) is 27.4. The molecule has 0 aromatic heterocycles. The molecule has 0 bridgehead atoms. The number of carbonyl (C=O) groups is 2. The topological polar surface area (TPSA) is 175 Å². The Balaban J connectivity index is 2.83. The van der Waals surface area contributed by atoms with Crippen LogP contribution in [0.25, 0.3) is 0 Å². The lowest BCUT2D eigenvalue weighted by atomic mass is 9.99. The largest absolute Gasteiger partial charge is 0.454 e. The van der Waals surface area contributed by atoms with Crippen LogP contribution in [0.5, 0.6) is 0 Å². The third kappa shape index (κ3) is 35.8. The van der Waals surface area contributed by atoms with Crippen molar-refractivity contribution in [3.8, 4) is 0 Å². The van der Waals surface area contributed by atoms with Crippen molar-refractivity contribution in [1.29, 1.82) is 0 Å². The minimum Gasteiger partial charge on any atom is -0.454 e. The van der Waals surface area contributed by atoms with Crippen molar-refractivity contribution in [3.05, 3.63) is 122 Å². The zero-order chi connectivity index (χ0) is 51.8. The summed E-state index contributed by atoms with van der Waals surface area (Å²) in [4.78, 5) is 26.4. The van der Waals surface area contributed by atoms with Crippen LogP contribution in [0.15, 0.2) is 122 Å². The quantitative estimate of drug-likeness (QED) is 0.0149. The number of hydrogen-bond acceptors (Lipinski definition) is 10. The molecule has 11 heteroatoms. The molecule has 6 N–H and O–H groups in total. The fraction of sp³-hybridized carbons (Fsp3) is 0.633. The van der Waals surface area contributed by atoms with Crippen molar-refractivity contribution in [2.24, 2.45) is 0 Å². The summed E-state index contributed by atoms with van der Waals surface area (Å²) in [5, 5.41) is 56.6. The van der Waals surface area contributed by atoms with Crippen LogP contribution >= 0.6 is 0 Å². The van der Waals surface area contributed by atoms with Gasteiger partial charge in [-0.05, 0) is 83.5 Å². The summed E-state index contributed by atoms with van der Waals surface area (Å²) in [6.45, 7) is 5.43. The van der Waals surface area contributed by atoms with Crippen LogP contribution in [-0.2, 0) is 23.8 Å². The van der Waals surface area contributed by atoms with Crippen LogP contribution in [0.4, 0.5) is 0 Å². The molecule has 1 aliphatic rings. The van der Waals surface area contributed by atoms with Gasteiger partial charge in [0.25, 0.3) is 0 Å². The van der Waals surface area contributed by atoms with Gasteiger partial charge in [-0.1, -0.05) is 213 Å². The molecule has 1 rings (SSSR count). The lowest BCUT2D eigenvalue weighted by Crippen LogP contribution is -2.61. The monoisotopic (exact) mass is 992 g/mol. The summed E-state index contributed by atoms with van der Waals surface area (Å²) >= 11 is 0. The molecule has 0 spiro atoms. The maximum absolute atomic E-state index is 13.3. The Morgan fingerprint density at radius 3 is 1.68 bits per heavy atom. The van der Waals surface area contributed by atoms with Crippen LogP contribution in [0, 0.1) is 0 Å². The molecule has 0 radical (unpaired) electrons. The third-order valence-electron chi connectivity index (χ3n) is 12.0. The molecule has 1 aliphatic heterocycles. The van der Waals surface area contributed by atoms with Crippen molar-refractivity contribution < 1.29 is 49.3 Å². The van der Waals surface area contributed by atoms with Gasteiger partial charge in [0.15, 0.2) is 12.4 Å². The number of amides is 1. The number of aliphatic hydroxyl groups excluding tert-OH is 5. The van der Waals surface area contributed by atoms with Crippen molar-refractivity contribution in [2.45, 2.75) is 230 Å². The zero-order valence-electron chi connectivity index (χ0n) is 44.0. The van der Waals surface area contributed by atoms with Crippen molar-refractivity contribution in [2.75, 3.05) is 13.2 Å². The number of allylic oxidation sites excluding steroid dienone is 19. The molecule has 402 valence electrons. The van der Waals surface area contributed by atoms with Gasteiger partial charge in [0, 0.05) is 6.42 Å². The van der Waals surface area contributed by atoms with Crippen molar-refractivity contribution in [1.82, 2.24) is 5.32 Å². The fourth-order valence-electron chi connectivity index (χ4n) is 7.64. The van der Waals surface area contributed by atoms with E-state index in [1.807, 2.05) is 60.8 Å². The van der Waals surface area contributed by atoms with Gasteiger partial charge in [-0.3, -0.25) is 9.59 Å². The molecule has 0 saturated carbocycles. The molecule has 0 aromatic carbocycles. The van der Waals surface area contributed by atoms with E-state index in [1.54, 1.807) is 6.08 Å². The summed E-state index contributed by atoms with van der Waals surface area (Å²) in [7, 11) is 0. The minimum atomic E-state index is -1.65. The van der Waals surface area contributed by atoms with E-state index in [0.29, 0.717) is 19.3 Å². The molecule has 11 nitrogen and oxygen atoms in total. The molecule has 8 unspecified atom stereocenters. The van der Waals surface area contributed by atoms with E-state index < -0.39 is 67.4 Å². The number of esters is 1. The summed E-state index contributed by atoms with van der Waals surface area (Å²) in [5.41, 5.74) is 0. The lowest BCUT2D eigenvalue weighted by molar-refractivity contribution is -0.305. The number of carbonyl (C=O) groups excluding carboxylic acids is 2. The Labute approximate surface area is 430 Å². The predicted octanol–water partition coefficient (Wildman–Crippen LogP) is 11.9. The highest BCUT2D eigenvalue weighted by Crippen LogP contribution is 2.26. The standard InChI is InChI=1S/C60H97NO10/c1-4-7-10-13-16-19-22-25-26-27-28-30-33-36-39-42-45-48-55(65)71-58-57(67)56(66)54(49-62)70-60(58)69-50-51(52(63)46-43-40-37-34-32-29-23-20-17-14-11-8-5-2)61-59(68)53(64)47-44-41-38-35-31-24-21-18-15-12-9-6-3/h7,9-10,12,15-16,18-19,21,24-26,28,30-31,35-36,39,43,46,51-54,56-58,60,62-64,66-67H,4-6,8,11,13-14,17,20,22-23,27,29,32-34,37-38,40-42,44-45,47-50H2,1-3H3,(H,61,68)/b10-7-,12-9+,18-15+,19-16-,24-21-,26-25-,30-28-,35-31-,39-36-,46-43+. The molecule has 1 saturated heterocycles. The normalized spacial score (nSPS) is 20.6. The number of nitrogens with one attached hydrogen (secondary N) is 1. The Morgan fingerprint density at radius 1 is 0.577 bits per heavy atom. The fourth-order valence-corrected chi connectivity index (χ4v) is 7.64. The van der Waals surface area contributed by atoms with E-state index in [-0.39, 0.29) is 19.4 Å². The first-order chi connectivity index (χ1) is 34.7. The first-order valence-electron chi connectivity index (χ1n) is 27.4. The van der Waals surface area contributed by atoms with E-state index >= 15 is 0 Å². The number of hydrogen-bond donors (Lipinski definition) is 6. The minimum absolute atomic E-state index is 0.0328. The molecule has 1 fully saturated rings. The molecular formula is C60H97NO10. The van der Waals surface area contributed by atoms with E-state index in [2.05, 4.69) is 80.8 Å². The summed E-state index contributed by atoms with van der Waals surface area (Å²) < 4.78 is 17.5. The van der Waals surface area contributed by atoms with Gasteiger partial charge in [-0.25, -0.2) is 0 Å². The second-order valence-corrected chi connectivity index (χ2v) is 18.3. The van der Waals surface area contributed by atoms with Gasteiger partial charge in [-0.2, -0.15) is 0 Å². The molecule has 0 aliphatic carbocycles. The second-order valence-electron chi connectivity index (χ2n) is 18.3. The Bertz CT molecular complexity index is 1610. The number of unbranched alkanes of at least 4 members (excludes halogenated alkanes) is 14. The van der Waals surface area contributed by atoms with Gasteiger partial charge in [0.1, 0.15) is 24.4 Å². The summed E-state index contributed by atoms with van der Waals surface area (Å²) in [6.07, 6.45) is 54.0. The number of aliphatic hydroxyl groups is 5. The maximum atomic E-state index is 13.3. The second kappa shape index (κ2) is 47.1. The van der Waals surface area contributed by atoms with Gasteiger partial charge in [0.05, 0.1) is 25.4 Å². The van der Waals surface area contributed by atoms with Gasteiger partial charge < -0.3 is 45.1 Å². The van der Waals surface area contributed by atoms with Crippen LogP contribution in [0.1, 0.15) is 181 Å². The summed E-state index contributed by atoms with van der Waals surface area (Å²) in [6, 6.07) is -1.06. The van der Waals surface area contributed by atoms with E-state index in [9.17, 15) is 35.1 Å². The molecule has 1 amide bonds. The zero-order valence-corrected chi connectivity index (χ0v) is 44.0. The van der Waals surface area contributed by atoms with Gasteiger partial charge in [0.2, 0.25) is 5.91 Å².